The molecule has 2 saturated heterocycles. The van der Waals surface area contributed by atoms with E-state index in [1.54, 1.807) is 0 Å². The molecular formula is C17H33N3O. The van der Waals surface area contributed by atoms with Crippen LogP contribution >= 0.6 is 0 Å². The van der Waals surface area contributed by atoms with Crippen molar-refractivity contribution in [1.29, 1.82) is 0 Å². The van der Waals surface area contributed by atoms with Crippen molar-refractivity contribution in [3.8, 4) is 0 Å². The minimum Gasteiger partial charge on any atom is -0.342 e. The van der Waals surface area contributed by atoms with E-state index in [0.29, 0.717) is 18.4 Å². The Morgan fingerprint density at radius 3 is 2.48 bits per heavy atom. The zero-order valence-corrected chi connectivity index (χ0v) is 14.2. The van der Waals surface area contributed by atoms with E-state index in [1.165, 1.54) is 32.1 Å². The lowest BCUT2D eigenvalue weighted by Crippen LogP contribution is -2.48. The fraction of sp³-hybridized carbons (Fsp3) is 0.941. The molecule has 0 spiro atoms. The molecule has 1 atom stereocenters. The van der Waals surface area contributed by atoms with Crippen LogP contribution in [0, 0.1) is 5.92 Å². The van der Waals surface area contributed by atoms with Gasteiger partial charge >= 0.3 is 0 Å². The summed E-state index contributed by atoms with van der Waals surface area (Å²) in [4.78, 5) is 16.8. The highest BCUT2D eigenvalue weighted by Gasteiger charge is 2.25. The second kappa shape index (κ2) is 7.59. The minimum atomic E-state index is 0.186. The lowest BCUT2D eigenvalue weighted by Gasteiger charge is -2.36. The van der Waals surface area contributed by atoms with E-state index in [1.807, 2.05) is 0 Å². The average molecular weight is 295 g/mol. The quantitative estimate of drug-likeness (QED) is 0.863. The minimum absolute atomic E-state index is 0.186. The van der Waals surface area contributed by atoms with E-state index >= 15 is 0 Å². The molecule has 2 rings (SSSR count). The van der Waals surface area contributed by atoms with Gasteiger partial charge < -0.3 is 10.2 Å². The van der Waals surface area contributed by atoms with Crippen LogP contribution in [0.5, 0.6) is 0 Å². The number of rotatable bonds is 4. The molecule has 1 amide bonds. The van der Waals surface area contributed by atoms with Crippen molar-refractivity contribution in [2.24, 2.45) is 5.92 Å². The van der Waals surface area contributed by atoms with Crippen molar-refractivity contribution in [2.45, 2.75) is 58.4 Å². The van der Waals surface area contributed by atoms with Crippen LogP contribution in [0.1, 0.15) is 52.9 Å². The highest BCUT2D eigenvalue weighted by Crippen LogP contribution is 2.17. The molecule has 0 radical (unpaired) electrons. The summed E-state index contributed by atoms with van der Waals surface area (Å²) in [5.74, 6) is 1.03. The third-order valence-corrected chi connectivity index (χ3v) is 4.59. The van der Waals surface area contributed by atoms with Gasteiger partial charge in [0, 0.05) is 25.2 Å². The van der Waals surface area contributed by atoms with Gasteiger partial charge in [-0.1, -0.05) is 0 Å². The predicted molar refractivity (Wildman–Crippen MR) is 87.4 cm³/mol. The van der Waals surface area contributed by atoms with E-state index in [0.717, 1.165) is 32.7 Å². The van der Waals surface area contributed by atoms with Crippen LogP contribution in [0.2, 0.25) is 0 Å². The summed E-state index contributed by atoms with van der Waals surface area (Å²) in [7, 11) is 0. The number of nitrogens with one attached hydrogen (secondary N) is 1. The van der Waals surface area contributed by atoms with Gasteiger partial charge in [0.2, 0.25) is 5.91 Å². The first-order chi connectivity index (χ1) is 9.94. The number of likely N-dealkylation sites (tertiary alicyclic amines) is 2. The lowest BCUT2D eigenvalue weighted by molar-refractivity contribution is -0.133. The molecule has 0 aromatic heterocycles. The first-order valence-electron chi connectivity index (χ1n) is 8.69. The Morgan fingerprint density at radius 2 is 1.81 bits per heavy atom. The third-order valence-electron chi connectivity index (χ3n) is 4.59. The smallest absolute Gasteiger partial charge is 0.236 e. The molecule has 21 heavy (non-hydrogen) atoms. The fourth-order valence-electron chi connectivity index (χ4n) is 3.35. The van der Waals surface area contributed by atoms with Crippen LogP contribution in [-0.4, -0.2) is 60.5 Å². The van der Waals surface area contributed by atoms with Crippen LogP contribution in [-0.2, 0) is 4.79 Å². The molecule has 0 aromatic rings. The van der Waals surface area contributed by atoms with Crippen LogP contribution in [0.4, 0.5) is 0 Å². The van der Waals surface area contributed by atoms with Gasteiger partial charge in [0.15, 0.2) is 0 Å². The van der Waals surface area contributed by atoms with E-state index in [-0.39, 0.29) is 5.54 Å². The van der Waals surface area contributed by atoms with Crippen LogP contribution in [0.3, 0.4) is 0 Å². The topological polar surface area (TPSA) is 35.6 Å². The van der Waals surface area contributed by atoms with Gasteiger partial charge in [0.1, 0.15) is 0 Å². The molecule has 0 aliphatic carbocycles. The monoisotopic (exact) mass is 295 g/mol. The van der Waals surface area contributed by atoms with Crippen LogP contribution < -0.4 is 5.32 Å². The number of hydrogen-bond donors (Lipinski definition) is 1. The average Bonchev–Trinajstić information content (AvgIpc) is 2.46. The first-order valence-corrected chi connectivity index (χ1v) is 8.69. The van der Waals surface area contributed by atoms with Crippen molar-refractivity contribution in [2.75, 3.05) is 39.3 Å². The number of amides is 1. The number of piperidine rings is 2. The normalized spacial score (nSPS) is 25.1. The highest BCUT2D eigenvalue weighted by molar-refractivity contribution is 5.78. The number of hydrogen-bond acceptors (Lipinski definition) is 3. The summed E-state index contributed by atoms with van der Waals surface area (Å²) >= 11 is 0. The standard InChI is InChI=1S/C17H33N3O/c1-17(2,3)18-12-15-8-7-9-19(13-15)14-16(21)20-10-5-4-6-11-20/h15,18H,4-14H2,1-3H3. The van der Waals surface area contributed by atoms with E-state index in [2.05, 4.69) is 35.9 Å². The number of nitrogens with zero attached hydrogens (tertiary/aromatic N) is 2. The predicted octanol–water partition coefficient (Wildman–Crippen LogP) is 2.10. The molecule has 0 aromatic carbocycles. The van der Waals surface area contributed by atoms with Crippen molar-refractivity contribution in [3.63, 3.8) is 0 Å². The number of carbonyl (C=O) groups is 1. The van der Waals surface area contributed by atoms with E-state index in [4.69, 9.17) is 0 Å². The second-order valence-electron chi connectivity index (χ2n) is 7.82. The Hall–Kier alpha value is -0.610. The molecule has 2 heterocycles. The van der Waals surface area contributed by atoms with E-state index < -0.39 is 0 Å². The Morgan fingerprint density at radius 1 is 1.10 bits per heavy atom. The lowest BCUT2D eigenvalue weighted by atomic mass is 9.96. The maximum Gasteiger partial charge on any atom is 0.236 e. The molecule has 4 heteroatoms. The highest BCUT2D eigenvalue weighted by atomic mass is 16.2. The van der Waals surface area contributed by atoms with Gasteiger partial charge in [-0.15, -0.1) is 0 Å². The Balaban J connectivity index is 1.74. The summed E-state index contributed by atoms with van der Waals surface area (Å²) in [6.07, 6.45) is 6.17. The van der Waals surface area contributed by atoms with E-state index in [9.17, 15) is 4.79 Å². The van der Waals surface area contributed by atoms with Gasteiger partial charge in [-0.05, 0) is 71.9 Å². The fourth-order valence-corrected chi connectivity index (χ4v) is 3.35. The maximum atomic E-state index is 12.4. The molecular weight excluding hydrogens is 262 g/mol. The first kappa shape index (κ1) is 16.8. The molecule has 4 nitrogen and oxygen atoms in total. The second-order valence-corrected chi connectivity index (χ2v) is 7.82. The van der Waals surface area contributed by atoms with Gasteiger partial charge in [-0.3, -0.25) is 9.69 Å². The van der Waals surface area contributed by atoms with Crippen molar-refractivity contribution in [3.05, 3.63) is 0 Å². The molecule has 2 aliphatic heterocycles. The molecule has 2 aliphatic rings. The Kier molecular flexibility index (Phi) is 6.06. The van der Waals surface area contributed by atoms with Crippen molar-refractivity contribution in [1.82, 2.24) is 15.1 Å². The van der Waals surface area contributed by atoms with Gasteiger partial charge in [-0.25, -0.2) is 0 Å². The Bertz CT molecular complexity index is 331. The molecule has 122 valence electrons. The molecule has 2 fully saturated rings. The molecule has 0 bridgehead atoms. The van der Waals surface area contributed by atoms with Gasteiger partial charge in [0.05, 0.1) is 6.54 Å². The Labute approximate surface area is 130 Å². The summed E-state index contributed by atoms with van der Waals surface area (Å²) < 4.78 is 0. The summed E-state index contributed by atoms with van der Waals surface area (Å²) in [5.41, 5.74) is 0.186. The van der Waals surface area contributed by atoms with Crippen molar-refractivity contribution >= 4 is 5.91 Å². The largest absolute Gasteiger partial charge is 0.342 e. The zero-order valence-electron chi connectivity index (χ0n) is 14.2. The third kappa shape index (κ3) is 5.95. The molecule has 1 N–H and O–H groups in total. The molecule has 0 saturated carbocycles. The van der Waals surface area contributed by atoms with Gasteiger partial charge in [0.25, 0.3) is 0 Å². The zero-order chi connectivity index (χ0) is 15.3. The molecule has 1 unspecified atom stereocenters. The summed E-state index contributed by atoms with van der Waals surface area (Å²) in [5, 5.41) is 3.61. The SMILES string of the molecule is CC(C)(C)NCC1CCCN(CC(=O)N2CCCCC2)C1. The van der Waals surface area contributed by atoms with Crippen LogP contribution in [0.25, 0.3) is 0 Å². The summed E-state index contributed by atoms with van der Waals surface area (Å²) in [6, 6.07) is 0. The maximum absolute atomic E-state index is 12.4. The van der Waals surface area contributed by atoms with Crippen molar-refractivity contribution < 1.29 is 4.79 Å². The van der Waals surface area contributed by atoms with Gasteiger partial charge in [-0.2, -0.15) is 0 Å². The van der Waals surface area contributed by atoms with Crippen LogP contribution in [0.15, 0.2) is 0 Å². The summed E-state index contributed by atoms with van der Waals surface area (Å²) in [6.45, 7) is 12.5. The number of carbonyl (C=O) groups excluding carboxylic acids is 1.